The lowest BCUT2D eigenvalue weighted by atomic mass is 10.1. The van der Waals surface area contributed by atoms with Crippen molar-refractivity contribution in [1.29, 1.82) is 0 Å². The maximum atomic E-state index is 12.8. The summed E-state index contributed by atoms with van der Waals surface area (Å²) in [7, 11) is 0. The zero-order valence-electron chi connectivity index (χ0n) is 5.09. The zero-order chi connectivity index (χ0) is 7.78. The van der Waals surface area contributed by atoms with Crippen molar-refractivity contribution in [2.45, 2.75) is 11.2 Å². The van der Waals surface area contributed by atoms with E-state index in [0.717, 1.165) is 0 Å². The van der Waals surface area contributed by atoms with Crippen molar-refractivity contribution in [3.63, 3.8) is 0 Å². The molecule has 0 heterocycles. The third-order valence-corrected chi connectivity index (χ3v) is 1.76. The number of nitrogens with two attached hydrogens (primary N) is 1. The minimum absolute atomic E-state index is 0.255. The Morgan fingerprint density at radius 1 is 1.80 bits per heavy atom. The molecule has 4 heteroatoms. The molecule has 0 aromatic heterocycles. The first-order valence-electron chi connectivity index (χ1n) is 2.75. The van der Waals surface area contributed by atoms with Gasteiger partial charge in [-0.2, -0.15) is 0 Å². The molecule has 0 fully saturated rings. The lowest BCUT2D eigenvalue weighted by Gasteiger charge is -2.24. The molecule has 0 amide bonds. The largest absolute Gasteiger partial charge is 0.397 e. The first-order valence-corrected chi connectivity index (χ1v) is 3.18. The van der Waals surface area contributed by atoms with Gasteiger partial charge in [0.25, 0.3) is 5.85 Å². The first kappa shape index (κ1) is 7.57. The van der Waals surface area contributed by atoms with Crippen LogP contribution in [0.3, 0.4) is 0 Å². The van der Waals surface area contributed by atoms with E-state index in [0.29, 0.717) is 0 Å². The van der Waals surface area contributed by atoms with E-state index < -0.39 is 11.2 Å². The van der Waals surface area contributed by atoms with Gasteiger partial charge in [-0.15, -0.1) is 11.6 Å². The molecule has 0 aliphatic heterocycles. The highest BCUT2D eigenvalue weighted by Crippen LogP contribution is 2.27. The van der Waals surface area contributed by atoms with Gasteiger partial charge in [0.2, 0.25) is 0 Å². The van der Waals surface area contributed by atoms with Gasteiger partial charge < -0.3 is 10.8 Å². The van der Waals surface area contributed by atoms with Crippen molar-refractivity contribution in [1.82, 2.24) is 0 Å². The third kappa shape index (κ3) is 1.02. The normalized spacial score (nSPS) is 39.5. The summed E-state index contributed by atoms with van der Waals surface area (Å²) in [5.41, 5.74) is 4.85. The van der Waals surface area contributed by atoms with E-state index in [-0.39, 0.29) is 5.70 Å². The topological polar surface area (TPSA) is 46.2 Å². The highest BCUT2D eigenvalue weighted by atomic mass is 35.5. The Morgan fingerprint density at radius 3 is 2.80 bits per heavy atom. The first-order chi connectivity index (χ1) is 4.55. The van der Waals surface area contributed by atoms with E-state index >= 15 is 0 Å². The van der Waals surface area contributed by atoms with Crippen LogP contribution in [0.2, 0.25) is 0 Å². The summed E-state index contributed by atoms with van der Waals surface area (Å²) in [5.74, 6) is -2.59. The molecule has 1 aliphatic carbocycles. The molecule has 0 saturated heterocycles. The summed E-state index contributed by atoms with van der Waals surface area (Å²) in [5, 5.41) is 7.78. The maximum Gasteiger partial charge on any atom is 0.267 e. The monoisotopic (exact) mass is 163 g/mol. The summed E-state index contributed by atoms with van der Waals surface area (Å²) >= 11 is 5.37. The minimum Gasteiger partial charge on any atom is -0.397 e. The second-order valence-electron chi connectivity index (χ2n) is 2.08. The quantitative estimate of drug-likeness (QED) is 0.516. The van der Waals surface area contributed by atoms with Crippen LogP contribution in [0.25, 0.3) is 0 Å². The number of alkyl halides is 2. The molecule has 0 radical (unpaired) electrons. The van der Waals surface area contributed by atoms with Gasteiger partial charge in [0, 0.05) is 0 Å². The Kier molecular flexibility index (Phi) is 1.70. The highest BCUT2D eigenvalue weighted by molar-refractivity contribution is 6.22. The van der Waals surface area contributed by atoms with Gasteiger partial charge in [0.15, 0.2) is 0 Å². The lowest BCUT2D eigenvalue weighted by Crippen LogP contribution is -2.39. The van der Waals surface area contributed by atoms with Gasteiger partial charge >= 0.3 is 0 Å². The number of rotatable bonds is 0. The summed E-state index contributed by atoms with van der Waals surface area (Å²) in [6.07, 6.45) is 4.11. The molecule has 10 heavy (non-hydrogen) atoms. The molecule has 0 aromatic rings. The smallest absolute Gasteiger partial charge is 0.267 e. The van der Waals surface area contributed by atoms with E-state index in [2.05, 4.69) is 0 Å². The summed E-state index contributed by atoms with van der Waals surface area (Å²) in [6.45, 7) is 0. The molecular formula is C6H7ClFNO. The Labute approximate surface area is 62.8 Å². The van der Waals surface area contributed by atoms with Crippen LogP contribution in [0.5, 0.6) is 0 Å². The van der Waals surface area contributed by atoms with Crippen molar-refractivity contribution in [2.24, 2.45) is 5.73 Å². The molecule has 1 unspecified atom stereocenters. The number of halogens is 2. The number of hydrogen-bond donors (Lipinski definition) is 2. The molecule has 1 aliphatic rings. The molecule has 0 saturated carbocycles. The number of hydrogen-bond acceptors (Lipinski definition) is 2. The Hall–Kier alpha value is -0.540. The molecule has 56 valence electrons. The van der Waals surface area contributed by atoms with Crippen LogP contribution in [-0.2, 0) is 0 Å². The zero-order valence-corrected chi connectivity index (χ0v) is 5.85. The Bertz CT molecular complexity index is 200. The second-order valence-corrected chi connectivity index (χ2v) is 2.55. The molecule has 0 spiro atoms. The van der Waals surface area contributed by atoms with E-state index in [1.807, 2.05) is 0 Å². The van der Waals surface area contributed by atoms with Crippen molar-refractivity contribution in [3.05, 3.63) is 23.9 Å². The van der Waals surface area contributed by atoms with Gasteiger partial charge in [-0.25, -0.2) is 4.39 Å². The maximum absolute atomic E-state index is 12.8. The molecule has 3 N–H and O–H groups in total. The fourth-order valence-electron chi connectivity index (χ4n) is 0.660. The van der Waals surface area contributed by atoms with E-state index in [1.165, 1.54) is 18.2 Å². The average molecular weight is 164 g/mol. The molecular weight excluding hydrogens is 157 g/mol. The van der Waals surface area contributed by atoms with Crippen molar-refractivity contribution in [2.75, 3.05) is 0 Å². The SMILES string of the molecule is NC1=CC=CC(Cl)[C@]1(O)F. The van der Waals surface area contributed by atoms with Crippen molar-refractivity contribution in [3.8, 4) is 0 Å². The van der Waals surface area contributed by atoms with Crippen LogP contribution >= 0.6 is 11.6 Å². The molecule has 0 bridgehead atoms. The molecule has 1 rings (SSSR count). The van der Waals surface area contributed by atoms with E-state index in [9.17, 15) is 4.39 Å². The van der Waals surface area contributed by atoms with Crippen LogP contribution in [0.1, 0.15) is 0 Å². The van der Waals surface area contributed by atoms with Crippen LogP contribution in [0.4, 0.5) is 4.39 Å². The predicted molar refractivity (Wildman–Crippen MR) is 37.1 cm³/mol. The third-order valence-electron chi connectivity index (χ3n) is 1.33. The van der Waals surface area contributed by atoms with Gasteiger partial charge in [0.05, 0.1) is 5.70 Å². The fourth-order valence-corrected chi connectivity index (χ4v) is 0.870. The summed E-state index contributed by atoms with van der Waals surface area (Å²) in [4.78, 5) is 0. The fraction of sp³-hybridized carbons (Fsp3) is 0.333. The highest BCUT2D eigenvalue weighted by Gasteiger charge is 2.38. The van der Waals surface area contributed by atoms with Gasteiger partial charge in [-0.05, 0) is 6.08 Å². The van der Waals surface area contributed by atoms with Crippen LogP contribution < -0.4 is 5.73 Å². The second kappa shape index (κ2) is 2.25. The molecule has 2 nitrogen and oxygen atoms in total. The van der Waals surface area contributed by atoms with Crippen LogP contribution in [0, 0.1) is 0 Å². The van der Waals surface area contributed by atoms with Gasteiger partial charge in [-0.3, -0.25) is 0 Å². The molecule has 2 atom stereocenters. The Morgan fingerprint density at radius 2 is 2.40 bits per heavy atom. The van der Waals surface area contributed by atoms with E-state index in [1.54, 1.807) is 0 Å². The standard InChI is InChI=1S/C6H7ClFNO/c7-4-2-1-3-5(9)6(4,8)10/h1-4,10H,9H2/t4?,6-/m1/s1. The van der Waals surface area contributed by atoms with Gasteiger partial charge in [-0.1, -0.05) is 12.2 Å². The van der Waals surface area contributed by atoms with Crippen LogP contribution in [0.15, 0.2) is 23.9 Å². The van der Waals surface area contributed by atoms with Crippen molar-refractivity contribution >= 4 is 11.6 Å². The van der Waals surface area contributed by atoms with Crippen molar-refractivity contribution < 1.29 is 9.50 Å². The lowest BCUT2D eigenvalue weighted by molar-refractivity contribution is -0.0481. The minimum atomic E-state index is -2.59. The predicted octanol–water partition coefficient (Wildman–Crippen LogP) is 0.664. The number of allylic oxidation sites excluding steroid dienone is 2. The number of aliphatic hydroxyl groups is 1. The van der Waals surface area contributed by atoms with Crippen LogP contribution in [-0.4, -0.2) is 16.3 Å². The summed E-state index contributed by atoms with van der Waals surface area (Å²) < 4.78 is 12.8. The van der Waals surface area contributed by atoms with Gasteiger partial charge in [0.1, 0.15) is 5.38 Å². The summed E-state index contributed by atoms with van der Waals surface area (Å²) in [6, 6.07) is 0. The molecule has 0 aromatic carbocycles. The van der Waals surface area contributed by atoms with E-state index in [4.69, 9.17) is 22.4 Å². The Balaban J connectivity index is 2.93. The average Bonchev–Trinajstić information content (AvgIpc) is 1.84.